The quantitative estimate of drug-likeness (QED) is 0.909. The van der Waals surface area contributed by atoms with Gasteiger partial charge >= 0.3 is 0 Å². The maximum absolute atomic E-state index is 13.6. The highest BCUT2D eigenvalue weighted by Gasteiger charge is 2.22. The van der Waals surface area contributed by atoms with Crippen LogP contribution in [-0.2, 0) is 4.79 Å². The van der Waals surface area contributed by atoms with Gasteiger partial charge in [0.15, 0.2) is 0 Å². The first kappa shape index (κ1) is 18.2. The zero-order chi connectivity index (χ0) is 18.7. The number of carbonyl (C=O) groups is 1. The number of para-hydroxylation sites is 1. The van der Waals surface area contributed by atoms with Gasteiger partial charge in [0, 0.05) is 31.9 Å². The van der Waals surface area contributed by atoms with E-state index >= 15 is 0 Å². The highest BCUT2D eigenvalue weighted by molar-refractivity contribution is 5.81. The molecule has 0 bridgehead atoms. The van der Waals surface area contributed by atoms with Crippen LogP contribution >= 0.6 is 0 Å². The number of carbonyl (C=O) groups excluding carboxylic acids is 1. The SMILES string of the molecule is Cc1cccc(N2CCN(C(=O)CNc3c(F)cccc3F)CC2)c1C. The van der Waals surface area contributed by atoms with Crippen molar-refractivity contribution >= 4 is 17.3 Å². The molecule has 0 saturated carbocycles. The minimum atomic E-state index is -0.697. The number of amides is 1. The average Bonchev–Trinajstić information content (AvgIpc) is 2.63. The third kappa shape index (κ3) is 3.79. The molecule has 3 rings (SSSR count). The minimum absolute atomic E-state index is 0.124. The molecule has 1 saturated heterocycles. The van der Waals surface area contributed by atoms with Crippen LogP contribution in [0.1, 0.15) is 11.1 Å². The predicted molar refractivity (Wildman–Crippen MR) is 99.6 cm³/mol. The van der Waals surface area contributed by atoms with Crippen LogP contribution in [0.25, 0.3) is 0 Å². The lowest BCUT2D eigenvalue weighted by Gasteiger charge is -2.37. The summed E-state index contributed by atoms with van der Waals surface area (Å²) in [5.41, 5.74) is 3.44. The van der Waals surface area contributed by atoms with E-state index in [1.807, 2.05) is 6.07 Å². The number of hydrogen-bond acceptors (Lipinski definition) is 3. The van der Waals surface area contributed by atoms with Crippen molar-refractivity contribution in [3.63, 3.8) is 0 Å². The normalized spacial score (nSPS) is 14.5. The second-order valence-corrected chi connectivity index (χ2v) is 6.54. The van der Waals surface area contributed by atoms with Crippen molar-refractivity contribution in [3.05, 3.63) is 59.2 Å². The second-order valence-electron chi connectivity index (χ2n) is 6.54. The smallest absolute Gasteiger partial charge is 0.241 e. The molecule has 1 N–H and O–H groups in total. The number of nitrogens with zero attached hydrogens (tertiary/aromatic N) is 2. The van der Waals surface area contributed by atoms with Crippen molar-refractivity contribution in [2.45, 2.75) is 13.8 Å². The van der Waals surface area contributed by atoms with Crippen LogP contribution in [0.5, 0.6) is 0 Å². The fourth-order valence-corrected chi connectivity index (χ4v) is 3.22. The van der Waals surface area contributed by atoms with E-state index in [0.29, 0.717) is 13.1 Å². The summed E-state index contributed by atoms with van der Waals surface area (Å²) < 4.78 is 27.2. The Morgan fingerprint density at radius 2 is 1.62 bits per heavy atom. The molecule has 1 heterocycles. The average molecular weight is 359 g/mol. The first-order valence-corrected chi connectivity index (χ1v) is 8.74. The molecule has 1 fully saturated rings. The molecule has 0 radical (unpaired) electrons. The van der Waals surface area contributed by atoms with Crippen LogP contribution in [-0.4, -0.2) is 43.5 Å². The minimum Gasteiger partial charge on any atom is -0.371 e. The predicted octanol–water partition coefficient (Wildman–Crippen LogP) is 3.34. The van der Waals surface area contributed by atoms with Crippen LogP contribution in [0.3, 0.4) is 0 Å². The highest BCUT2D eigenvalue weighted by atomic mass is 19.1. The molecule has 26 heavy (non-hydrogen) atoms. The molecule has 1 amide bonds. The monoisotopic (exact) mass is 359 g/mol. The van der Waals surface area contributed by atoms with E-state index in [9.17, 15) is 13.6 Å². The van der Waals surface area contributed by atoms with Gasteiger partial charge in [-0.05, 0) is 43.2 Å². The molecular weight excluding hydrogens is 336 g/mol. The third-order valence-electron chi connectivity index (χ3n) is 4.93. The van der Waals surface area contributed by atoms with E-state index in [2.05, 4.69) is 36.2 Å². The van der Waals surface area contributed by atoms with E-state index in [1.165, 1.54) is 35.0 Å². The Morgan fingerprint density at radius 1 is 1.00 bits per heavy atom. The van der Waals surface area contributed by atoms with Crippen molar-refractivity contribution in [3.8, 4) is 0 Å². The van der Waals surface area contributed by atoms with Crippen molar-refractivity contribution in [2.75, 3.05) is 42.9 Å². The number of aryl methyl sites for hydroxylation is 1. The van der Waals surface area contributed by atoms with Gasteiger partial charge in [0.2, 0.25) is 5.91 Å². The van der Waals surface area contributed by atoms with E-state index in [0.717, 1.165) is 13.1 Å². The molecule has 1 aliphatic rings. The Balaban J connectivity index is 1.56. The fourth-order valence-electron chi connectivity index (χ4n) is 3.22. The third-order valence-corrected chi connectivity index (χ3v) is 4.93. The van der Waals surface area contributed by atoms with Crippen molar-refractivity contribution in [1.82, 2.24) is 4.90 Å². The number of anilines is 2. The molecular formula is C20H23F2N3O. The molecule has 0 atom stereocenters. The number of benzene rings is 2. The lowest BCUT2D eigenvalue weighted by molar-refractivity contribution is -0.129. The molecule has 0 aliphatic carbocycles. The zero-order valence-electron chi connectivity index (χ0n) is 15.1. The summed E-state index contributed by atoms with van der Waals surface area (Å²) in [5, 5.41) is 2.58. The second kappa shape index (κ2) is 7.72. The summed E-state index contributed by atoms with van der Waals surface area (Å²) in [4.78, 5) is 16.4. The van der Waals surface area contributed by atoms with E-state index in [1.54, 1.807) is 4.90 Å². The lowest BCUT2D eigenvalue weighted by Crippen LogP contribution is -2.50. The van der Waals surface area contributed by atoms with Crippen LogP contribution in [0.4, 0.5) is 20.2 Å². The van der Waals surface area contributed by atoms with Crippen molar-refractivity contribution in [2.24, 2.45) is 0 Å². The molecule has 0 unspecified atom stereocenters. The number of hydrogen-bond donors (Lipinski definition) is 1. The Kier molecular flexibility index (Phi) is 5.40. The van der Waals surface area contributed by atoms with Gasteiger partial charge in [-0.2, -0.15) is 0 Å². The summed E-state index contributed by atoms with van der Waals surface area (Å²) in [7, 11) is 0. The van der Waals surface area contributed by atoms with Gasteiger partial charge in [-0.15, -0.1) is 0 Å². The maximum Gasteiger partial charge on any atom is 0.241 e. The fraction of sp³-hybridized carbons (Fsp3) is 0.350. The first-order valence-electron chi connectivity index (χ1n) is 8.74. The Hall–Kier alpha value is -2.63. The molecule has 2 aromatic rings. The summed E-state index contributed by atoms with van der Waals surface area (Å²) in [5.74, 6) is -1.55. The van der Waals surface area contributed by atoms with E-state index in [4.69, 9.17) is 0 Å². The Labute approximate surface area is 152 Å². The Bertz CT molecular complexity index is 781. The molecule has 0 aromatic heterocycles. The number of piperazine rings is 1. The molecule has 2 aromatic carbocycles. The molecule has 4 nitrogen and oxygen atoms in total. The first-order chi connectivity index (χ1) is 12.5. The number of halogens is 2. The number of rotatable bonds is 4. The molecule has 6 heteroatoms. The van der Waals surface area contributed by atoms with Crippen molar-refractivity contribution in [1.29, 1.82) is 0 Å². The largest absolute Gasteiger partial charge is 0.371 e. The van der Waals surface area contributed by atoms with E-state index < -0.39 is 11.6 Å². The van der Waals surface area contributed by atoms with Gasteiger partial charge < -0.3 is 15.1 Å². The topological polar surface area (TPSA) is 35.6 Å². The van der Waals surface area contributed by atoms with Gasteiger partial charge in [0.1, 0.15) is 17.3 Å². The van der Waals surface area contributed by atoms with Crippen LogP contribution in [0.15, 0.2) is 36.4 Å². The van der Waals surface area contributed by atoms with Gasteiger partial charge in [-0.3, -0.25) is 4.79 Å². The standard InChI is InChI=1S/C20H23F2N3O/c1-14-5-3-8-18(15(14)2)24-9-11-25(12-10-24)19(26)13-23-20-16(21)6-4-7-17(20)22/h3-8,23H,9-13H2,1-2H3. The van der Waals surface area contributed by atoms with Crippen molar-refractivity contribution < 1.29 is 13.6 Å². The van der Waals surface area contributed by atoms with Gasteiger partial charge in [-0.25, -0.2) is 8.78 Å². The summed E-state index contributed by atoms with van der Waals surface area (Å²) in [6, 6.07) is 9.86. The highest BCUT2D eigenvalue weighted by Crippen LogP contribution is 2.24. The van der Waals surface area contributed by atoms with Crippen LogP contribution < -0.4 is 10.2 Å². The van der Waals surface area contributed by atoms with Gasteiger partial charge in [0.25, 0.3) is 0 Å². The molecule has 1 aliphatic heterocycles. The summed E-state index contributed by atoms with van der Waals surface area (Å²) in [6.07, 6.45) is 0. The van der Waals surface area contributed by atoms with Crippen LogP contribution in [0.2, 0.25) is 0 Å². The maximum atomic E-state index is 13.6. The summed E-state index contributed by atoms with van der Waals surface area (Å²) >= 11 is 0. The van der Waals surface area contributed by atoms with Gasteiger partial charge in [-0.1, -0.05) is 18.2 Å². The zero-order valence-corrected chi connectivity index (χ0v) is 15.1. The lowest BCUT2D eigenvalue weighted by atomic mass is 10.1. The van der Waals surface area contributed by atoms with Gasteiger partial charge in [0.05, 0.1) is 6.54 Å². The number of nitrogens with one attached hydrogen (secondary N) is 1. The molecule has 0 spiro atoms. The summed E-state index contributed by atoms with van der Waals surface area (Å²) in [6.45, 7) is 6.73. The molecule has 138 valence electrons. The van der Waals surface area contributed by atoms with E-state index in [-0.39, 0.29) is 18.1 Å². The van der Waals surface area contributed by atoms with Crippen LogP contribution in [0, 0.1) is 25.5 Å². The Morgan fingerprint density at radius 3 is 2.27 bits per heavy atom.